The second-order valence-corrected chi connectivity index (χ2v) is 4.69. The zero-order valence-electron chi connectivity index (χ0n) is 12.5. The fraction of sp³-hybridized carbons (Fsp3) is 0.467. The van der Waals surface area contributed by atoms with E-state index in [9.17, 15) is 4.79 Å². The maximum Gasteiger partial charge on any atom is 0.264 e. The minimum Gasteiger partial charge on any atom is -0.497 e. The van der Waals surface area contributed by atoms with Crippen molar-refractivity contribution in [3.05, 3.63) is 23.8 Å². The highest BCUT2D eigenvalue weighted by Crippen LogP contribution is 2.28. The van der Waals surface area contributed by atoms with Crippen molar-refractivity contribution in [3.63, 3.8) is 0 Å². The molecule has 6 nitrogen and oxygen atoms in total. The van der Waals surface area contributed by atoms with Crippen LogP contribution in [0.25, 0.3) is 0 Å². The molecule has 21 heavy (non-hydrogen) atoms. The summed E-state index contributed by atoms with van der Waals surface area (Å²) in [7, 11) is 3.19. The highest BCUT2D eigenvalue weighted by molar-refractivity contribution is 6.06. The first-order valence-corrected chi connectivity index (χ1v) is 6.92. The standard InChI is InChI=1S/C15H20N2O4/c1-4-7-16-15(18)14-9-12(17-21-14)11-8-10(19-2)5-6-13(11)20-3/h5-6,8,14H,4,7,9H2,1-3H3,(H,16,18). The van der Waals surface area contributed by atoms with Crippen LogP contribution >= 0.6 is 0 Å². The van der Waals surface area contributed by atoms with Crippen LogP contribution in [0.3, 0.4) is 0 Å². The van der Waals surface area contributed by atoms with E-state index in [1.807, 2.05) is 19.1 Å². The van der Waals surface area contributed by atoms with E-state index in [2.05, 4.69) is 10.5 Å². The Morgan fingerprint density at radius 2 is 2.24 bits per heavy atom. The van der Waals surface area contributed by atoms with Gasteiger partial charge >= 0.3 is 0 Å². The van der Waals surface area contributed by atoms with Gasteiger partial charge in [-0.3, -0.25) is 4.79 Å². The first-order chi connectivity index (χ1) is 10.2. The van der Waals surface area contributed by atoms with Gasteiger partial charge in [0.25, 0.3) is 5.91 Å². The topological polar surface area (TPSA) is 69.2 Å². The molecule has 2 rings (SSSR count). The van der Waals surface area contributed by atoms with Crippen molar-refractivity contribution in [1.82, 2.24) is 5.32 Å². The molecule has 1 aliphatic heterocycles. The molecular formula is C15H20N2O4. The van der Waals surface area contributed by atoms with E-state index < -0.39 is 6.10 Å². The summed E-state index contributed by atoms with van der Waals surface area (Å²) in [5.74, 6) is 1.23. The number of hydrogen-bond donors (Lipinski definition) is 1. The molecular weight excluding hydrogens is 272 g/mol. The van der Waals surface area contributed by atoms with Crippen LogP contribution in [0.2, 0.25) is 0 Å². The minimum atomic E-state index is -0.581. The molecule has 0 fully saturated rings. The second-order valence-electron chi connectivity index (χ2n) is 4.69. The number of ether oxygens (including phenoxy) is 2. The van der Waals surface area contributed by atoms with Crippen LogP contribution in [0.15, 0.2) is 23.4 Å². The number of benzene rings is 1. The average molecular weight is 292 g/mol. The molecule has 1 N–H and O–H groups in total. The summed E-state index contributed by atoms with van der Waals surface area (Å²) in [6.45, 7) is 2.63. The van der Waals surface area contributed by atoms with E-state index in [1.54, 1.807) is 20.3 Å². The fourth-order valence-electron chi connectivity index (χ4n) is 2.08. The van der Waals surface area contributed by atoms with Crippen molar-refractivity contribution >= 4 is 11.6 Å². The Labute approximate surface area is 124 Å². The normalized spacial score (nSPS) is 16.9. The van der Waals surface area contributed by atoms with Crippen LogP contribution in [0.5, 0.6) is 11.5 Å². The fourth-order valence-corrected chi connectivity index (χ4v) is 2.08. The summed E-state index contributed by atoms with van der Waals surface area (Å²) in [6, 6.07) is 5.44. The summed E-state index contributed by atoms with van der Waals surface area (Å²) in [4.78, 5) is 17.1. The van der Waals surface area contributed by atoms with Gasteiger partial charge in [0.1, 0.15) is 11.5 Å². The van der Waals surface area contributed by atoms with Crippen molar-refractivity contribution in [3.8, 4) is 11.5 Å². The number of carbonyl (C=O) groups excluding carboxylic acids is 1. The molecule has 0 spiro atoms. The first kappa shape index (κ1) is 15.2. The average Bonchev–Trinajstić information content (AvgIpc) is 3.01. The van der Waals surface area contributed by atoms with Crippen LogP contribution in [-0.2, 0) is 9.63 Å². The molecule has 0 saturated heterocycles. The van der Waals surface area contributed by atoms with Gasteiger partial charge in [0.05, 0.1) is 19.9 Å². The van der Waals surface area contributed by atoms with Crippen LogP contribution in [0.4, 0.5) is 0 Å². The van der Waals surface area contributed by atoms with Crippen LogP contribution in [0.1, 0.15) is 25.3 Å². The Morgan fingerprint density at radius 1 is 1.43 bits per heavy atom. The van der Waals surface area contributed by atoms with Gasteiger partial charge in [0.2, 0.25) is 6.10 Å². The van der Waals surface area contributed by atoms with Gasteiger partial charge in [-0.1, -0.05) is 12.1 Å². The van der Waals surface area contributed by atoms with Gasteiger partial charge in [-0.05, 0) is 24.6 Å². The van der Waals surface area contributed by atoms with Gasteiger partial charge in [-0.25, -0.2) is 0 Å². The number of oxime groups is 1. The van der Waals surface area contributed by atoms with E-state index in [0.29, 0.717) is 30.2 Å². The van der Waals surface area contributed by atoms with E-state index in [1.165, 1.54) is 0 Å². The Bertz CT molecular complexity index is 542. The molecule has 1 atom stereocenters. The number of nitrogens with one attached hydrogen (secondary N) is 1. The monoisotopic (exact) mass is 292 g/mol. The highest BCUT2D eigenvalue weighted by atomic mass is 16.6. The predicted molar refractivity (Wildman–Crippen MR) is 78.9 cm³/mol. The molecule has 0 bridgehead atoms. The summed E-state index contributed by atoms with van der Waals surface area (Å²) < 4.78 is 10.5. The van der Waals surface area contributed by atoms with E-state index >= 15 is 0 Å². The SMILES string of the molecule is CCCNC(=O)C1CC(c2cc(OC)ccc2OC)=NO1. The van der Waals surface area contributed by atoms with E-state index in [0.717, 1.165) is 12.0 Å². The van der Waals surface area contributed by atoms with Crippen molar-refractivity contribution < 1.29 is 19.1 Å². The Hall–Kier alpha value is -2.24. The quantitative estimate of drug-likeness (QED) is 0.867. The van der Waals surface area contributed by atoms with E-state index in [-0.39, 0.29) is 5.91 Å². The summed E-state index contributed by atoms with van der Waals surface area (Å²) >= 11 is 0. The Balaban J connectivity index is 2.12. The highest BCUT2D eigenvalue weighted by Gasteiger charge is 2.30. The van der Waals surface area contributed by atoms with Gasteiger partial charge < -0.3 is 19.6 Å². The summed E-state index contributed by atoms with van der Waals surface area (Å²) in [5.41, 5.74) is 1.46. The van der Waals surface area contributed by atoms with Crippen molar-refractivity contribution in [1.29, 1.82) is 0 Å². The number of amides is 1. The maximum atomic E-state index is 11.9. The molecule has 1 unspecified atom stereocenters. The first-order valence-electron chi connectivity index (χ1n) is 6.92. The molecule has 0 radical (unpaired) electrons. The molecule has 0 aliphatic carbocycles. The number of hydrogen-bond acceptors (Lipinski definition) is 5. The smallest absolute Gasteiger partial charge is 0.264 e. The summed E-state index contributed by atoms with van der Waals surface area (Å²) in [5, 5.41) is 6.83. The lowest BCUT2D eigenvalue weighted by molar-refractivity contribution is -0.131. The third-order valence-corrected chi connectivity index (χ3v) is 3.23. The molecule has 0 saturated carbocycles. The van der Waals surface area contributed by atoms with Gasteiger partial charge in [-0.2, -0.15) is 0 Å². The lowest BCUT2D eigenvalue weighted by Gasteiger charge is -2.10. The Kier molecular flexibility index (Phi) is 5.03. The predicted octanol–water partition coefficient (Wildman–Crippen LogP) is 1.72. The van der Waals surface area contributed by atoms with Gasteiger partial charge in [0.15, 0.2) is 0 Å². The number of rotatable bonds is 6. The van der Waals surface area contributed by atoms with Crippen molar-refractivity contribution in [2.24, 2.45) is 5.16 Å². The molecule has 1 aromatic rings. The molecule has 1 amide bonds. The lowest BCUT2D eigenvalue weighted by atomic mass is 10.0. The van der Waals surface area contributed by atoms with Crippen LogP contribution in [0, 0.1) is 0 Å². The number of carbonyl (C=O) groups is 1. The largest absolute Gasteiger partial charge is 0.497 e. The molecule has 1 aromatic carbocycles. The number of nitrogens with zero attached hydrogens (tertiary/aromatic N) is 1. The molecule has 6 heteroatoms. The Morgan fingerprint density at radius 3 is 2.90 bits per heavy atom. The zero-order chi connectivity index (χ0) is 15.2. The third kappa shape index (κ3) is 3.45. The zero-order valence-corrected chi connectivity index (χ0v) is 12.5. The van der Waals surface area contributed by atoms with Gasteiger partial charge in [-0.15, -0.1) is 0 Å². The van der Waals surface area contributed by atoms with E-state index in [4.69, 9.17) is 14.3 Å². The third-order valence-electron chi connectivity index (χ3n) is 3.23. The molecule has 1 aliphatic rings. The minimum absolute atomic E-state index is 0.141. The van der Waals surface area contributed by atoms with Crippen LogP contribution in [-0.4, -0.2) is 38.5 Å². The lowest BCUT2D eigenvalue weighted by Crippen LogP contribution is -2.35. The second kappa shape index (κ2) is 6.97. The maximum absolute atomic E-state index is 11.9. The van der Waals surface area contributed by atoms with Crippen LogP contribution < -0.4 is 14.8 Å². The van der Waals surface area contributed by atoms with Crippen molar-refractivity contribution in [2.45, 2.75) is 25.9 Å². The number of methoxy groups -OCH3 is 2. The summed E-state index contributed by atoms with van der Waals surface area (Å²) in [6.07, 6.45) is 0.719. The molecule has 0 aromatic heterocycles. The molecule has 1 heterocycles. The van der Waals surface area contributed by atoms with Crippen molar-refractivity contribution in [2.75, 3.05) is 20.8 Å². The molecule has 114 valence electrons. The van der Waals surface area contributed by atoms with Gasteiger partial charge in [0, 0.05) is 18.5 Å².